The van der Waals surface area contributed by atoms with Gasteiger partial charge in [-0.3, -0.25) is 4.79 Å². The minimum absolute atomic E-state index is 0.0268. The molecule has 2 unspecified atom stereocenters. The van der Waals surface area contributed by atoms with Gasteiger partial charge in [0, 0.05) is 16.8 Å². The molecule has 2 rings (SSSR count). The molecule has 0 amide bonds. The van der Waals surface area contributed by atoms with Crippen LogP contribution in [-0.4, -0.2) is 31.8 Å². The summed E-state index contributed by atoms with van der Waals surface area (Å²) in [5.74, 6) is 2.64. The zero-order chi connectivity index (χ0) is 13.3. The maximum absolute atomic E-state index is 12.0. The zero-order valence-corrected chi connectivity index (χ0v) is 12.4. The highest BCUT2D eigenvalue weighted by atomic mass is 32.2. The second-order valence-corrected chi connectivity index (χ2v) is 7.45. The van der Waals surface area contributed by atoms with Gasteiger partial charge in [0.05, 0.1) is 10.8 Å². The first-order valence-electron chi connectivity index (χ1n) is 6.07. The normalized spacial score (nSPS) is 24.4. The lowest BCUT2D eigenvalue weighted by atomic mass is 10.1. The van der Waals surface area contributed by atoms with Gasteiger partial charge >= 0.3 is 0 Å². The standard InChI is InChI=1S/C12H18N2O2S2/c1-6(2)8-11(15)13-10(14-12(8)16)9-7(3)17-4-5-18-9/h6-7,9H,4-5H2,1-3H3,(H2,13,14,15,16). The van der Waals surface area contributed by atoms with Crippen molar-refractivity contribution in [3.8, 4) is 5.88 Å². The first-order chi connectivity index (χ1) is 8.50. The second-order valence-electron chi connectivity index (χ2n) is 4.71. The van der Waals surface area contributed by atoms with Gasteiger partial charge in [-0.05, 0) is 5.92 Å². The lowest BCUT2D eigenvalue weighted by Crippen LogP contribution is -2.24. The molecule has 1 aliphatic heterocycles. The third kappa shape index (κ3) is 2.69. The largest absolute Gasteiger partial charge is 0.493 e. The molecular weight excluding hydrogens is 268 g/mol. The van der Waals surface area contributed by atoms with Crippen molar-refractivity contribution in [2.45, 2.75) is 37.2 Å². The third-order valence-electron chi connectivity index (χ3n) is 2.99. The zero-order valence-electron chi connectivity index (χ0n) is 10.8. The van der Waals surface area contributed by atoms with Gasteiger partial charge in [-0.15, -0.1) is 11.8 Å². The number of nitrogens with zero attached hydrogens (tertiary/aromatic N) is 1. The molecule has 18 heavy (non-hydrogen) atoms. The van der Waals surface area contributed by atoms with E-state index in [1.54, 1.807) is 11.8 Å². The van der Waals surface area contributed by atoms with Crippen LogP contribution in [0, 0.1) is 0 Å². The van der Waals surface area contributed by atoms with Crippen molar-refractivity contribution in [2.75, 3.05) is 11.5 Å². The Balaban J connectivity index is 2.38. The predicted molar refractivity (Wildman–Crippen MR) is 77.7 cm³/mol. The van der Waals surface area contributed by atoms with Crippen LogP contribution in [0.4, 0.5) is 0 Å². The van der Waals surface area contributed by atoms with Crippen LogP contribution in [0.15, 0.2) is 4.79 Å². The minimum Gasteiger partial charge on any atom is -0.493 e. The molecule has 1 aromatic rings. The van der Waals surface area contributed by atoms with Gasteiger partial charge in [0.1, 0.15) is 5.82 Å². The Morgan fingerprint density at radius 2 is 2.06 bits per heavy atom. The highest BCUT2D eigenvalue weighted by molar-refractivity contribution is 8.06. The van der Waals surface area contributed by atoms with Gasteiger partial charge in [-0.1, -0.05) is 20.8 Å². The molecular formula is C12H18N2O2S2. The number of aromatic amines is 1. The first-order valence-corrected chi connectivity index (χ1v) is 8.16. The molecule has 0 aliphatic carbocycles. The van der Waals surface area contributed by atoms with E-state index in [4.69, 9.17) is 0 Å². The monoisotopic (exact) mass is 286 g/mol. The molecule has 4 nitrogen and oxygen atoms in total. The van der Waals surface area contributed by atoms with E-state index < -0.39 is 0 Å². The number of thioether (sulfide) groups is 2. The SMILES string of the molecule is CC(C)c1c(O)nc(C2SCCSC2C)[nH]c1=O. The summed E-state index contributed by atoms with van der Waals surface area (Å²) < 4.78 is 0. The Hall–Kier alpha value is -0.620. The van der Waals surface area contributed by atoms with Crippen LogP contribution < -0.4 is 5.56 Å². The van der Waals surface area contributed by atoms with Gasteiger partial charge in [0.15, 0.2) is 0 Å². The molecule has 2 atom stereocenters. The number of H-pyrrole nitrogens is 1. The second kappa shape index (κ2) is 5.57. The fraction of sp³-hybridized carbons (Fsp3) is 0.667. The summed E-state index contributed by atoms with van der Waals surface area (Å²) in [5.41, 5.74) is 0.163. The molecule has 1 saturated heterocycles. The van der Waals surface area contributed by atoms with Crippen molar-refractivity contribution in [3.05, 3.63) is 21.7 Å². The van der Waals surface area contributed by atoms with Crippen molar-refractivity contribution in [1.29, 1.82) is 0 Å². The van der Waals surface area contributed by atoms with E-state index in [2.05, 4.69) is 16.9 Å². The van der Waals surface area contributed by atoms with Gasteiger partial charge in [0.2, 0.25) is 5.88 Å². The molecule has 0 radical (unpaired) electrons. The van der Waals surface area contributed by atoms with Crippen molar-refractivity contribution >= 4 is 23.5 Å². The summed E-state index contributed by atoms with van der Waals surface area (Å²) in [6.07, 6.45) is 0. The fourth-order valence-corrected chi connectivity index (χ4v) is 4.79. The van der Waals surface area contributed by atoms with E-state index >= 15 is 0 Å². The predicted octanol–water partition coefficient (Wildman–Crippen LogP) is 2.51. The van der Waals surface area contributed by atoms with Crippen LogP contribution in [-0.2, 0) is 0 Å². The van der Waals surface area contributed by atoms with E-state index in [-0.39, 0.29) is 22.6 Å². The Bertz CT molecular complexity index is 487. The van der Waals surface area contributed by atoms with E-state index in [0.29, 0.717) is 16.6 Å². The van der Waals surface area contributed by atoms with E-state index in [0.717, 1.165) is 11.5 Å². The van der Waals surface area contributed by atoms with E-state index in [1.165, 1.54) is 0 Å². The molecule has 100 valence electrons. The quantitative estimate of drug-likeness (QED) is 0.874. The van der Waals surface area contributed by atoms with Crippen molar-refractivity contribution in [3.63, 3.8) is 0 Å². The molecule has 2 N–H and O–H groups in total. The number of aromatic nitrogens is 2. The Morgan fingerprint density at radius 1 is 1.39 bits per heavy atom. The molecule has 1 aliphatic rings. The average molecular weight is 286 g/mol. The third-order valence-corrected chi connectivity index (χ3v) is 6.09. The molecule has 2 heterocycles. The summed E-state index contributed by atoms with van der Waals surface area (Å²) in [4.78, 5) is 19.0. The molecule has 0 saturated carbocycles. The number of aromatic hydroxyl groups is 1. The lowest BCUT2D eigenvalue weighted by Gasteiger charge is -2.27. The minimum atomic E-state index is -0.212. The maximum atomic E-state index is 12.0. The molecule has 1 fully saturated rings. The van der Waals surface area contributed by atoms with Gasteiger partial charge < -0.3 is 10.1 Å². The van der Waals surface area contributed by atoms with E-state index in [1.807, 2.05) is 25.6 Å². The number of hydrogen-bond donors (Lipinski definition) is 2. The summed E-state index contributed by atoms with van der Waals surface area (Å²) in [6.45, 7) is 5.88. The van der Waals surface area contributed by atoms with Crippen LogP contribution in [0.2, 0.25) is 0 Å². The number of rotatable bonds is 2. The summed E-state index contributed by atoms with van der Waals surface area (Å²) in [7, 11) is 0. The van der Waals surface area contributed by atoms with Crippen molar-refractivity contribution < 1.29 is 5.11 Å². The smallest absolute Gasteiger partial charge is 0.258 e. The Labute approximate surface area is 115 Å². The highest BCUT2D eigenvalue weighted by Gasteiger charge is 2.27. The van der Waals surface area contributed by atoms with Gasteiger partial charge in [-0.25, -0.2) is 0 Å². The summed E-state index contributed by atoms with van der Waals surface area (Å²) in [5, 5.41) is 10.5. The molecule has 1 aromatic heterocycles. The topological polar surface area (TPSA) is 66.0 Å². The van der Waals surface area contributed by atoms with Crippen LogP contribution in [0.5, 0.6) is 5.88 Å². The molecule has 6 heteroatoms. The van der Waals surface area contributed by atoms with Crippen LogP contribution in [0.1, 0.15) is 43.3 Å². The lowest BCUT2D eigenvalue weighted by molar-refractivity contribution is 0.435. The summed E-state index contributed by atoms with van der Waals surface area (Å²) in [6, 6.07) is 0. The van der Waals surface area contributed by atoms with Crippen molar-refractivity contribution in [1.82, 2.24) is 9.97 Å². The maximum Gasteiger partial charge on any atom is 0.258 e. The molecule has 0 bridgehead atoms. The van der Waals surface area contributed by atoms with Crippen molar-refractivity contribution in [2.24, 2.45) is 0 Å². The molecule has 0 aromatic carbocycles. The van der Waals surface area contributed by atoms with Crippen LogP contribution >= 0.6 is 23.5 Å². The van der Waals surface area contributed by atoms with E-state index in [9.17, 15) is 9.90 Å². The fourth-order valence-electron chi connectivity index (χ4n) is 2.08. The Morgan fingerprint density at radius 3 is 2.61 bits per heavy atom. The summed E-state index contributed by atoms with van der Waals surface area (Å²) >= 11 is 3.67. The molecule has 0 spiro atoms. The van der Waals surface area contributed by atoms with Crippen LogP contribution in [0.25, 0.3) is 0 Å². The average Bonchev–Trinajstić information content (AvgIpc) is 2.27. The first kappa shape index (κ1) is 13.8. The number of nitrogens with one attached hydrogen (secondary N) is 1. The number of hydrogen-bond acceptors (Lipinski definition) is 5. The highest BCUT2D eigenvalue weighted by Crippen LogP contribution is 2.41. The van der Waals surface area contributed by atoms with Gasteiger partial charge in [-0.2, -0.15) is 16.7 Å². The van der Waals surface area contributed by atoms with Gasteiger partial charge in [0.25, 0.3) is 5.56 Å². The Kier molecular flexibility index (Phi) is 4.27. The van der Waals surface area contributed by atoms with Crippen LogP contribution in [0.3, 0.4) is 0 Å².